The number of likely N-dealkylation sites (tertiary alicyclic amines) is 1. The number of nitrogens with zero attached hydrogens (tertiary/aromatic N) is 1. The van der Waals surface area contributed by atoms with Crippen LogP contribution in [0.25, 0.3) is 0 Å². The molecule has 0 radical (unpaired) electrons. The van der Waals surface area contributed by atoms with Crippen LogP contribution < -0.4 is 0 Å². The molecule has 1 atom stereocenters. The molecule has 0 aromatic rings. The summed E-state index contributed by atoms with van der Waals surface area (Å²) in [6.07, 6.45) is 2.65. The molecule has 3 nitrogen and oxygen atoms in total. The van der Waals surface area contributed by atoms with Gasteiger partial charge >= 0.3 is 0 Å². The molecular weight excluding hydrogens is 186 g/mol. The fourth-order valence-electron chi connectivity index (χ4n) is 1.22. The van der Waals surface area contributed by atoms with Gasteiger partial charge in [-0.05, 0) is 12.2 Å². The van der Waals surface area contributed by atoms with E-state index in [1.165, 1.54) is 4.90 Å². The SMILES string of the molecule is CCCCSC1CC(=O)N(C)C1=O. The number of imide groups is 1. The maximum Gasteiger partial charge on any atom is 0.242 e. The summed E-state index contributed by atoms with van der Waals surface area (Å²) in [5.41, 5.74) is 0. The van der Waals surface area contributed by atoms with Gasteiger partial charge in [-0.2, -0.15) is 0 Å². The Kier molecular flexibility index (Phi) is 3.78. The third kappa shape index (κ3) is 2.46. The predicted molar refractivity (Wildman–Crippen MR) is 53.5 cm³/mol. The Hall–Kier alpha value is -0.510. The van der Waals surface area contributed by atoms with Crippen LogP contribution in [0.5, 0.6) is 0 Å². The molecule has 1 unspecified atom stereocenters. The van der Waals surface area contributed by atoms with E-state index >= 15 is 0 Å². The minimum atomic E-state index is -0.107. The molecule has 0 N–H and O–H groups in total. The van der Waals surface area contributed by atoms with Crippen molar-refractivity contribution in [2.24, 2.45) is 0 Å². The first-order valence-corrected chi connectivity index (χ1v) is 5.63. The zero-order valence-electron chi connectivity index (χ0n) is 8.08. The van der Waals surface area contributed by atoms with Gasteiger partial charge in [-0.15, -0.1) is 11.8 Å². The van der Waals surface area contributed by atoms with Gasteiger partial charge in [-0.3, -0.25) is 14.5 Å². The van der Waals surface area contributed by atoms with Gasteiger partial charge in [-0.25, -0.2) is 0 Å². The van der Waals surface area contributed by atoms with Gasteiger partial charge in [-0.1, -0.05) is 13.3 Å². The van der Waals surface area contributed by atoms with E-state index in [-0.39, 0.29) is 17.1 Å². The smallest absolute Gasteiger partial charge is 0.242 e. The second-order valence-corrected chi connectivity index (χ2v) is 4.52. The van der Waals surface area contributed by atoms with Crippen LogP contribution in [0, 0.1) is 0 Å². The molecule has 0 aromatic heterocycles. The lowest BCUT2D eigenvalue weighted by Gasteiger charge is -2.07. The summed E-state index contributed by atoms with van der Waals surface area (Å²) >= 11 is 1.61. The zero-order valence-corrected chi connectivity index (χ0v) is 8.89. The van der Waals surface area contributed by atoms with E-state index in [0.717, 1.165) is 18.6 Å². The highest BCUT2D eigenvalue weighted by atomic mass is 32.2. The third-order valence-electron chi connectivity index (χ3n) is 2.16. The summed E-state index contributed by atoms with van der Waals surface area (Å²) in [5, 5.41) is -0.107. The molecule has 1 rings (SSSR count). The number of rotatable bonds is 4. The number of carbonyl (C=O) groups is 2. The standard InChI is InChI=1S/C9H15NO2S/c1-3-4-5-13-7-6-8(11)10(2)9(7)12/h7H,3-6H2,1-2H3. The normalized spacial score (nSPS) is 22.9. The maximum absolute atomic E-state index is 11.4. The topological polar surface area (TPSA) is 37.4 Å². The number of thioether (sulfide) groups is 1. The van der Waals surface area contributed by atoms with E-state index in [1.807, 2.05) is 0 Å². The summed E-state index contributed by atoms with van der Waals surface area (Å²) in [6, 6.07) is 0. The number of amides is 2. The van der Waals surface area contributed by atoms with Gasteiger partial charge in [0.05, 0.1) is 5.25 Å². The van der Waals surface area contributed by atoms with Gasteiger partial charge in [0.25, 0.3) is 0 Å². The first-order chi connectivity index (χ1) is 6.16. The quantitative estimate of drug-likeness (QED) is 0.508. The van der Waals surface area contributed by atoms with Crippen molar-refractivity contribution in [3.05, 3.63) is 0 Å². The monoisotopic (exact) mass is 201 g/mol. The zero-order chi connectivity index (χ0) is 9.84. The van der Waals surface area contributed by atoms with Gasteiger partial charge in [0.15, 0.2) is 0 Å². The number of carbonyl (C=O) groups excluding carboxylic acids is 2. The van der Waals surface area contributed by atoms with Gasteiger partial charge in [0.2, 0.25) is 11.8 Å². The number of hydrogen-bond donors (Lipinski definition) is 0. The van der Waals surface area contributed by atoms with E-state index in [4.69, 9.17) is 0 Å². The molecular formula is C9H15NO2S. The molecule has 0 saturated carbocycles. The summed E-state index contributed by atoms with van der Waals surface area (Å²) in [5.74, 6) is 0.915. The Morgan fingerprint density at radius 2 is 2.23 bits per heavy atom. The predicted octanol–water partition coefficient (Wildman–Crippen LogP) is 1.28. The lowest BCUT2D eigenvalue weighted by Crippen LogP contribution is -2.26. The molecule has 1 aliphatic rings. The van der Waals surface area contributed by atoms with E-state index < -0.39 is 0 Å². The highest BCUT2D eigenvalue weighted by molar-refractivity contribution is 8.00. The van der Waals surface area contributed by atoms with Gasteiger partial charge < -0.3 is 0 Å². The van der Waals surface area contributed by atoms with Crippen molar-refractivity contribution in [1.82, 2.24) is 4.90 Å². The van der Waals surface area contributed by atoms with E-state index in [0.29, 0.717) is 6.42 Å². The Bertz CT molecular complexity index is 218. The summed E-state index contributed by atoms with van der Waals surface area (Å²) < 4.78 is 0. The Morgan fingerprint density at radius 3 is 2.69 bits per heavy atom. The van der Waals surface area contributed by atoms with Crippen molar-refractivity contribution in [3.8, 4) is 0 Å². The molecule has 0 spiro atoms. The van der Waals surface area contributed by atoms with Crippen LogP contribution in [0.15, 0.2) is 0 Å². The Labute approximate surface area is 82.9 Å². The van der Waals surface area contributed by atoms with Crippen LogP contribution in [0.4, 0.5) is 0 Å². The minimum Gasteiger partial charge on any atom is -0.285 e. The van der Waals surface area contributed by atoms with Crippen LogP contribution >= 0.6 is 11.8 Å². The molecule has 1 fully saturated rings. The summed E-state index contributed by atoms with van der Waals surface area (Å²) in [4.78, 5) is 23.8. The molecule has 4 heteroatoms. The fraction of sp³-hybridized carbons (Fsp3) is 0.778. The molecule has 2 amide bonds. The lowest BCUT2D eigenvalue weighted by molar-refractivity contribution is -0.136. The van der Waals surface area contributed by atoms with Crippen LogP contribution in [0.3, 0.4) is 0 Å². The number of hydrogen-bond acceptors (Lipinski definition) is 3. The van der Waals surface area contributed by atoms with Crippen molar-refractivity contribution in [3.63, 3.8) is 0 Å². The largest absolute Gasteiger partial charge is 0.285 e. The summed E-state index contributed by atoms with van der Waals surface area (Å²) in [7, 11) is 1.56. The van der Waals surface area contributed by atoms with E-state index in [9.17, 15) is 9.59 Å². The molecule has 1 aliphatic heterocycles. The molecule has 0 bridgehead atoms. The lowest BCUT2D eigenvalue weighted by atomic mass is 10.3. The van der Waals surface area contributed by atoms with Crippen molar-refractivity contribution in [2.45, 2.75) is 31.4 Å². The van der Waals surface area contributed by atoms with Crippen LogP contribution in [-0.2, 0) is 9.59 Å². The second-order valence-electron chi connectivity index (χ2n) is 3.21. The van der Waals surface area contributed by atoms with Crippen molar-refractivity contribution >= 4 is 23.6 Å². The Balaban J connectivity index is 2.36. The Morgan fingerprint density at radius 1 is 1.54 bits per heavy atom. The average Bonchev–Trinajstić information content (AvgIpc) is 2.34. The third-order valence-corrected chi connectivity index (χ3v) is 3.45. The second kappa shape index (κ2) is 4.65. The first-order valence-electron chi connectivity index (χ1n) is 4.58. The fourth-order valence-corrected chi connectivity index (χ4v) is 2.52. The average molecular weight is 201 g/mol. The van der Waals surface area contributed by atoms with Crippen LogP contribution in [0.2, 0.25) is 0 Å². The molecule has 13 heavy (non-hydrogen) atoms. The van der Waals surface area contributed by atoms with Crippen molar-refractivity contribution in [1.29, 1.82) is 0 Å². The minimum absolute atomic E-state index is 0.0221. The molecule has 74 valence electrons. The van der Waals surface area contributed by atoms with Crippen molar-refractivity contribution in [2.75, 3.05) is 12.8 Å². The van der Waals surface area contributed by atoms with E-state index in [2.05, 4.69) is 6.92 Å². The molecule has 1 heterocycles. The van der Waals surface area contributed by atoms with Crippen LogP contribution in [0.1, 0.15) is 26.2 Å². The maximum atomic E-state index is 11.4. The van der Waals surface area contributed by atoms with Crippen molar-refractivity contribution < 1.29 is 9.59 Å². The summed E-state index contributed by atoms with van der Waals surface area (Å²) in [6.45, 7) is 2.12. The van der Waals surface area contributed by atoms with E-state index in [1.54, 1.807) is 18.8 Å². The van der Waals surface area contributed by atoms with Gasteiger partial charge in [0, 0.05) is 13.5 Å². The molecule has 0 aromatic carbocycles. The highest BCUT2D eigenvalue weighted by Crippen LogP contribution is 2.24. The first kappa shape index (κ1) is 10.6. The number of unbranched alkanes of at least 4 members (excludes halogenated alkanes) is 1. The molecule has 1 saturated heterocycles. The van der Waals surface area contributed by atoms with Gasteiger partial charge in [0.1, 0.15) is 0 Å². The molecule has 0 aliphatic carbocycles. The highest BCUT2D eigenvalue weighted by Gasteiger charge is 2.35. The van der Waals surface area contributed by atoms with Crippen LogP contribution in [-0.4, -0.2) is 34.8 Å².